The zero-order chi connectivity index (χ0) is 17.1. The van der Waals surface area contributed by atoms with Gasteiger partial charge in [0.15, 0.2) is 11.0 Å². The fraction of sp³-hybridized carbons (Fsp3) is 0.167. The van der Waals surface area contributed by atoms with Crippen molar-refractivity contribution in [1.82, 2.24) is 24.3 Å². The first-order valence-corrected chi connectivity index (χ1v) is 9.78. The van der Waals surface area contributed by atoms with Crippen molar-refractivity contribution in [2.45, 2.75) is 17.5 Å². The molecule has 3 heterocycles. The molecule has 0 aliphatic rings. The molecule has 0 N–H and O–H groups in total. The van der Waals surface area contributed by atoms with Gasteiger partial charge < -0.3 is 9.13 Å². The van der Waals surface area contributed by atoms with Gasteiger partial charge in [-0.3, -0.25) is 0 Å². The van der Waals surface area contributed by atoms with E-state index in [-0.39, 0.29) is 0 Å². The van der Waals surface area contributed by atoms with E-state index < -0.39 is 0 Å². The molecule has 3 aromatic heterocycles. The van der Waals surface area contributed by atoms with Crippen LogP contribution in [0, 0.1) is 0 Å². The fourth-order valence-electron chi connectivity index (χ4n) is 2.59. The van der Waals surface area contributed by atoms with Crippen LogP contribution < -0.4 is 0 Å². The molecule has 5 nitrogen and oxygen atoms in total. The number of hydrogen-bond acceptors (Lipinski definition) is 5. The van der Waals surface area contributed by atoms with Gasteiger partial charge in [-0.15, -0.1) is 21.5 Å². The minimum absolute atomic E-state index is 0.760. The SMILES string of the molecule is Cn1c(SCc2nccn2Cc2ccccc2)nnc1-c1cccs1. The maximum atomic E-state index is 4.50. The molecule has 0 bridgehead atoms. The number of nitrogens with zero attached hydrogens (tertiary/aromatic N) is 5. The molecular weight excluding hydrogens is 350 g/mol. The molecule has 0 saturated carbocycles. The standard InChI is InChI=1S/C18H17N5S2/c1-22-17(15-8-5-11-24-15)20-21-18(22)25-13-16-19-9-10-23(16)12-14-6-3-2-4-7-14/h2-11H,12-13H2,1H3. The summed E-state index contributed by atoms with van der Waals surface area (Å²) in [5, 5.41) is 11.6. The third-order valence-electron chi connectivity index (χ3n) is 3.90. The van der Waals surface area contributed by atoms with Crippen LogP contribution >= 0.6 is 23.1 Å². The molecule has 0 radical (unpaired) electrons. The van der Waals surface area contributed by atoms with Crippen molar-refractivity contribution < 1.29 is 0 Å². The van der Waals surface area contributed by atoms with Gasteiger partial charge in [0.25, 0.3) is 0 Å². The zero-order valence-electron chi connectivity index (χ0n) is 13.7. The molecular formula is C18H17N5S2. The molecule has 4 rings (SSSR count). The lowest BCUT2D eigenvalue weighted by atomic mass is 10.2. The number of rotatable bonds is 6. The van der Waals surface area contributed by atoms with Crippen LogP contribution in [0.15, 0.2) is 65.4 Å². The highest BCUT2D eigenvalue weighted by Gasteiger charge is 2.13. The van der Waals surface area contributed by atoms with Crippen LogP contribution in [0.4, 0.5) is 0 Å². The first-order chi connectivity index (χ1) is 12.3. The van der Waals surface area contributed by atoms with E-state index in [1.54, 1.807) is 23.1 Å². The maximum Gasteiger partial charge on any atom is 0.191 e. The van der Waals surface area contributed by atoms with E-state index >= 15 is 0 Å². The van der Waals surface area contributed by atoms with Gasteiger partial charge in [-0.05, 0) is 17.0 Å². The Kier molecular flexibility index (Phi) is 4.67. The van der Waals surface area contributed by atoms with E-state index in [9.17, 15) is 0 Å². The molecule has 126 valence electrons. The average molecular weight is 368 g/mol. The Morgan fingerprint density at radius 2 is 1.96 bits per heavy atom. The molecule has 25 heavy (non-hydrogen) atoms. The number of hydrogen-bond donors (Lipinski definition) is 0. The summed E-state index contributed by atoms with van der Waals surface area (Å²) in [5.41, 5.74) is 1.27. The zero-order valence-corrected chi connectivity index (χ0v) is 15.4. The molecule has 0 saturated heterocycles. The summed E-state index contributed by atoms with van der Waals surface area (Å²) in [6.07, 6.45) is 3.88. The van der Waals surface area contributed by atoms with Gasteiger partial charge in [0.2, 0.25) is 0 Å². The van der Waals surface area contributed by atoms with Crippen LogP contribution in [0.5, 0.6) is 0 Å². The molecule has 0 fully saturated rings. The van der Waals surface area contributed by atoms with Crippen LogP contribution in [0.3, 0.4) is 0 Å². The quantitative estimate of drug-likeness (QED) is 0.482. The van der Waals surface area contributed by atoms with Crippen LogP contribution in [0.25, 0.3) is 10.7 Å². The lowest BCUT2D eigenvalue weighted by Crippen LogP contribution is -2.03. The molecule has 0 aliphatic carbocycles. The van der Waals surface area contributed by atoms with Crippen molar-refractivity contribution in [3.63, 3.8) is 0 Å². The summed E-state index contributed by atoms with van der Waals surface area (Å²) in [5.74, 6) is 2.70. The van der Waals surface area contributed by atoms with Gasteiger partial charge in [0.05, 0.1) is 10.6 Å². The smallest absolute Gasteiger partial charge is 0.191 e. The van der Waals surface area contributed by atoms with E-state index in [2.05, 4.69) is 55.5 Å². The second kappa shape index (κ2) is 7.25. The number of benzene rings is 1. The van der Waals surface area contributed by atoms with Crippen molar-refractivity contribution in [3.05, 3.63) is 71.6 Å². The molecule has 0 amide bonds. The number of imidazole rings is 1. The minimum atomic E-state index is 0.760. The molecule has 0 unspecified atom stereocenters. The Labute approximate surface area is 154 Å². The summed E-state index contributed by atoms with van der Waals surface area (Å²) in [4.78, 5) is 5.63. The van der Waals surface area contributed by atoms with Crippen molar-refractivity contribution in [3.8, 4) is 10.7 Å². The van der Waals surface area contributed by atoms with Crippen LogP contribution in [-0.4, -0.2) is 24.3 Å². The third kappa shape index (κ3) is 3.52. The number of thioether (sulfide) groups is 1. The second-order valence-corrected chi connectivity index (χ2v) is 7.48. The Hall–Kier alpha value is -2.38. The molecule has 0 aliphatic heterocycles. The predicted molar refractivity (Wildman–Crippen MR) is 102 cm³/mol. The van der Waals surface area contributed by atoms with E-state index in [4.69, 9.17) is 0 Å². The van der Waals surface area contributed by atoms with Gasteiger partial charge in [0, 0.05) is 26.0 Å². The van der Waals surface area contributed by atoms with Gasteiger partial charge in [-0.25, -0.2) is 4.98 Å². The summed E-state index contributed by atoms with van der Waals surface area (Å²) in [6.45, 7) is 0.829. The van der Waals surface area contributed by atoms with Crippen LogP contribution in [0.1, 0.15) is 11.4 Å². The van der Waals surface area contributed by atoms with Gasteiger partial charge in [-0.2, -0.15) is 0 Å². The van der Waals surface area contributed by atoms with Crippen LogP contribution in [0.2, 0.25) is 0 Å². The van der Waals surface area contributed by atoms with Crippen LogP contribution in [-0.2, 0) is 19.3 Å². The molecule has 1 aromatic carbocycles. The molecule has 0 spiro atoms. The lowest BCUT2D eigenvalue weighted by molar-refractivity contribution is 0.752. The first kappa shape index (κ1) is 16.1. The monoisotopic (exact) mass is 367 g/mol. The van der Waals surface area contributed by atoms with Crippen molar-refractivity contribution in [2.24, 2.45) is 7.05 Å². The largest absolute Gasteiger partial charge is 0.330 e. The summed E-state index contributed by atoms with van der Waals surface area (Å²) in [6, 6.07) is 14.5. The first-order valence-electron chi connectivity index (χ1n) is 7.91. The van der Waals surface area contributed by atoms with Crippen molar-refractivity contribution in [1.29, 1.82) is 0 Å². The predicted octanol–water partition coefficient (Wildman–Crippen LogP) is 4.08. The van der Waals surface area contributed by atoms with Gasteiger partial charge in [0.1, 0.15) is 5.82 Å². The summed E-state index contributed by atoms with van der Waals surface area (Å²) in [7, 11) is 2.01. The number of thiophene rings is 1. The Morgan fingerprint density at radius 3 is 2.76 bits per heavy atom. The fourth-order valence-corrected chi connectivity index (χ4v) is 4.22. The maximum absolute atomic E-state index is 4.50. The Morgan fingerprint density at radius 1 is 1.08 bits per heavy atom. The highest BCUT2D eigenvalue weighted by molar-refractivity contribution is 7.98. The van der Waals surface area contributed by atoms with E-state index in [0.29, 0.717) is 0 Å². The normalized spacial score (nSPS) is 11.1. The average Bonchev–Trinajstić information content (AvgIpc) is 3.36. The molecule has 7 heteroatoms. The molecule has 4 aromatic rings. The van der Waals surface area contributed by atoms with E-state index in [1.807, 2.05) is 36.1 Å². The Balaban J connectivity index is 1.47. The van der Waals surface area contributed by atoms with E-state index in [0.717, 1.165) is 34.0 Å². The summed E-state index contributed by atoms with van der Waals surface area (Å²) < 4.78 is 4.22. The van der Waals surface area contributed by atoms with Crippen molar-refractivity contribution >= 4 is 23.1 Å². The van der Waals surface area contributed by atoms with E-state index in [1.165, 1.54) is 5.56 Å². The summed E-state index contributed by atoms with van der Waals surface area (Å²) >= 11 is 3.33. The number of aromatic nitrogens is 5. The highest BCUT2D eigenvalue weighted by Crippen LogP contribution is 2.27. The second-order valence-electron chi connectivity index (χ2n) is 5.59. The highest BCUT2D eigenvalue weighted by atomic mass is 32.2. The third-order valence-corrected chi connectivity index (χ3v) is 5.79. The minimum Gasteiger partial charge on any atom is -0.330 e. The van der Waals surface area contributed by atoms with Crippen molar-refractivity contribution in [2.75, 3.05) is 0 Å². The molecule has 0 atom stereocenters. The topological polar surface area (TPSA) is 48.5 Å². The van der Waals surface area contributed by atoms with Gasteiger partial charge in [-0.1, -0.05) is 48.2 Å². The van der Waals surface area contributed by atoms with Gasteiger partial charge >= 0.3 is 0 Å². The lowest BCUT2D eigenvalue weighted by Gasteiger charge is -2.08. The Bertz CT molecular complexity index is 941.